The van der Waals surface area contributed by atoms with Crippen LogP contribution in [-0.2, 0) is 4.79 Å². The second-order valence-electron chi connectivity index (χ2n) is 6.10. The van der Waals surface area contributed by atoms with Gasteiger partial charge in [0.05, 0.1) is 12.2 Å². The van der Waals surface area contributed by atoms with Crippen molar-refractivity contribution >= 4 is 17.7 Å². The minimum Gasteiger partial charge on any atom is -0.323 e. The molecule has 1 heterocycles. The van der Waals surface area contributed by atoms with Crippen LogP contribution in [0.2, 0.25) is 0 Å². The van der Waals surface area contributed by atoms with E-state index in [1.165, 1.54) is 25.0 Å². The van der Waals surface area contributed by atoms with Crippen LogP contribution in [0, 0.1) is 5.92 Å². The lowest BCUT2D eigenvalue weighted by Crippen LogP contribution is -2.43. The Morgan fingerprint density at radius 3 is 2.68 bits per heavy atom. The van der Waals surface area contributed by atoms with Crippen molar-refractivity contribution in [3.63, 3.8) is 0 Å². The van der Waals surface area contributed by atoms with Crippen LogP contribution in [0.3, 0.4) is 0 Å². The smallest absolute Gasteiger partial charge is 0.241 e. The molecule has 19 heavy (non-hydrogen) atoms. The summed E-state index contributed by atoms with van der Waals surface area (Å²) in [6.07, 6.45) is 4.92. The Hall–Kier alpha value is -0.220. The predicted molar refractivity (Wildman–Crippen MR) is 82.2 cm³/mol. The Labute approximate surface area is 121 Å². The minimum atomic E-state index is 0.0304. The highest BCUT2D eigenvalue weighted by Crippen LogP contribution is 2.35. The van der Waals surface area contributed by atoms with Crippen molar-refractivity contribution in [1.82, 2.24) is 10.2 Å². The highest BCUT2D eigenvalue weighted by atomic mass is 32.2. The summed E-state index contributed by atoms with van der Waals surface area (Å²) in [5.74, 6) is 1.91. The summed E-state index contributed by atoms with van der Waals surface area (Å²) in [5.41, 5.74) is 0. The fourth-order valence-electron chi connectivity index (χ4n) is 3.46. The van der Waals surface area contributed by atoms with E-state index < -0.39 is 0 Å². The molecule has 0 spiro atoms. The van der Waals surface area contributed by atoms with Gasteiger partial charge in [-0.15, -0.1) is 0 Å². The largest absolute Gasteiger partial charge is 0.323 e. The molecule has 110 valence electrons. The molecule has 1 saturated heterocycles. The quantitative estimate of drug-likeness (QED) is 0.842. The van der Waals surface area contributed by atoms with Crippen molar-refractivity contribution in [3.8, 4) is 0 Å². The molecular weight excluding hydrogens is 256 g/mol. The first kappa shape index (κ1) is 15.2. The van der Waals surface area contributed by atoms with Gasteiger partial charge in [0.2, 0.25) is 5.91 Å². The van der Waals surface area contributed by atoms with Crippen LogP contribution in [0.5, 0.6) is 0 Å². The molecule has 0 bridgehead atoms. The van der Waals surface area contributed by atoms with Crippen LogP contribution < -0.4 is 5.32 Å². The molecule has 0 aromatic rings. The second-order valence-corrected chi connectivity index (χ2v) is 7.68. The van der Waals surface area contributed by atoms with Crippen molar-refractivity contribution in [2.75, 3.05) is 5.75 Å². The average molecular weight is 284 g/mol. The molecule has 1 amide bonds. The van der Waals surface area contributed by atoms with Crippen LogP contribution in [0.25, 0.3) is 0 Å². The summed E-state index contributed by atoms with van der Waals surface area (Å²) in [6, 6.07) is 0.501. The average Bonchev–Trinajstić information content (AvgIpc) is 2.93. The maximum atomic E-state index is 12.6. The van der Waals surface area contributed by atoms with E-state index in [1.54, 1.807) is 0 Å². The van der Waals surface area contributed by atoms with E-state index in [4.69, 9.17) is 0 Å². The summed E-state index contributed by atoms with van der Waals surface area (Å²) >= 11 is 2.06. The van der Waals surface area contributed by atoms with Gasteiger partial charge < -0.3 is 4.90 Å². The molecule has 1 aliphatic carbocycles. The summed E-state index contributed by atoms with van der Waals surface area (Å²) in [6.45, 7) is 8.67. The Balaban J connectivity index is 2.04. The minimum absolute atomic E-state index is 0.0304. The van der Waals surface area contributed by atoms with Gasteiger partial charge in [-0.1, -0.05) is 27.7 Å². The second kappa shape index (κ2) is 6.49. The fourth-order valence-corrected chi connectivity index (χ4v) is 4.59. The highest BCUT2D eigenvalue weighted by molar-refractivity contribution is 7.99. The van der Waals surface area contributed by atoms with E-state index >= 15 is 0 Å². The molecule has 1 aliphatic heterocycles. The number of thioether (sulfide) groups is 1. The summed E-state index contributed by atoms with van der Waals surface area (Å²) in [4.78, 5) is 14.8. The Kier molecular flexibility index (Phi) is 5.18. The standard InChI is InChI=1S/C15H28N2OS/c1-5-13-16-14(10(3)4)15(18)17(13)11-7-8-12(9-11)19-6-2/h10-14,16H,5-9H2,1-4H3. The molecule has 0 aromatic heterocycles. The predicted octanol–water partition coefficient (Wildman–Crippen LogP) is 2.85. The highest BCUT2D eigenvalue weighted by Gasteiger charge is 2.44. The third kappa shape index (κ3) is 3.10. The molecule has 1 saturated carbocycles. The Morgan fingerprint density at radius 2 is 2.11 bits per heavy atom. The monoisotopic (exact) mass is 284 g/mol. The third-order valence-electron chi connectivity index (χ3n) is 4.43. The number of hydrogen-bond acceptors (Lipinski definition) is 3. The van der Waals surface area contributed by atoms with E-state index in [1.807, 2.05) is 0 Å². The van der Waals surface area contributed by atoms with E-state index in [9.17, 15) is 4.79 Å². The third-order valence-corrected chi connectivity index (χ3v) is 5.67. The van der Waals surface area contributed by atoms with E-state index in [-0.39, 0.29) is 12.2 Å². The molecule has 1 N–H and O–H groups in total. The van der Waals surface area contributed by atoms with E-state index in [0.717, 1.165) is 11.7 Å². The van der Waals surface area contributed by atoms with Crippen molar-refractivity contribution in [2.24, 2.45) is 5.92 Å². The maximum absolute atomic E-state index is 12.6. The first-order chi connectivity index (χ1) is 9.08. The van der Waals surface area contributed by atoms with Gasteiger partial charge in [0, 0.05) is 11.3 Å². The van der Waals surface area contributed by atoms with Crippen molar-refractivity contribution < 1.29 is 4.79 Å². The van der Waals surface area contributed by atoms with Gasteiger partial charge in [-0.2, -0.15) is 11.8 Å². The summed E-state index contributed by atoms with van der Waals surface area (Å²) in [7, 11) is 0. The zero-order valence-corrected chi connectivity index (χ0v) is 13.5. The molecular formula is C15H28N2OS. The molecule has 3 nitrogen and oxygen atoms in total. The Morgan fingerprint density at radius 1 is 1.37 bits per heavy atom. The molecule has 2 rings (SSSR count). The van der Waals surface area contributed by atoms with Crippen LogP contribution in [0.15, 0.2) is 0 Å². The van der Waals surface area contributed by atoms with Gasteiger partial charge >= 0.3 is 0 Å². The van der Waals surface area contributed by atoms with Crippen LogP contribution in [0.4, 0.5) is 0 Å². The molecule has 4 heteroatoms. The number of rotatable bonds is 5. The number of nitrogens with zero attached hydrogens (tertiary/aromatic N) is 1. The SMILES string of the molecule is CCSC1CCC(N2C(=O)C(C(C)C)NC2CC)C1. The van der Waals surface area contributed by atoms with Crippen molar-refractivity contribution in [2.45, 2.75) is 76.9 Å². The lowest BCUT2D eigenvalue weighted by molar-refractivity contribution is -0.132. The van der Waals surface area contributed by atoms with Gasteiger partial charge in [-0.05, 0) is 37.4 Å². The van der Waals surface area contributed by atoms with Crippen LogP contribution in [0.1, 0.15) is 53.4 Å². The normalized spacial score (nSPS) is 35.6. The molecule has 4 atom stereocenters. The first-order valence-electron chi connectivity index (χ1n) is 7.78. The molecule has 2 aliphatic rings. The molecule has 0 aromatic carbocycles. The lowest BCUT2D eigenvalue weighted by Gasteiger charge is -2.29. The number of nitrogens with one attached hydrogen (secondary N) is 1. The topological polar surface area (TPSA) is 32.3 Å². The van der Waals surface area contributed by atoms with Gasteiger partial charge in [-0.3, -0.25) is 10.1 Å². The van der Waals surface area contributed by atoms with Gasteiger partial charge in [0.25, 0.3) is 0 Å². The van der Waals surface area contributed by atoms with Crippen molar-refractivity contribution in [1.29, 1.82) is 0 Å². The van der Waals surface area contributed by atoms with Crippen molar-refractivity contribution in [3.05, 3.63) is 0 Å². The maximum Gasteiger partial charge on any atom is 0.241 e. The van der Waals surface area contributed by atoms with Crippen LogP contribution >= 0.6 is 11.8 Å². The number of carbonyl (C=O) groups excluding carboxylic acids is 1. The van der Waals surface area contributed by atoms with E-state index in [2.05, 4.69) is 49.7 Å². The molecule has 2 fully saturated rings. The molecule has 0 radical (unpaired) electrons. The number of hydrogen-bond donors (Lipinski definition) is 1. The lowest BCUT2D eigenvalue weighted by atomic mass is 10.0. The van der Waals surface area contributed by atoms with Gasteiger partial charge in [0.1, 0.15) is 0 Å². The number of amides is 1. The number of carbonyl (C=O) groups is 1. The van der Waals surface area contributed by atoms with Gasteiger partial charge in [-0.25, -0.2) is 0 Å². The Bertz CT molecular complexity index is 321. The first-order valence-corrected chi connectivity index (χ1v) is 8.83. The van der Waals surface area contributed by atoms with Gasteiger partial charge in [0.15, 0.2) is 0 Å². The van der Waals surface area contributed by atoms with E-state index in [0.29, 0.717) is 17.9 Å². The summed E-state index contributed by atoms with van der Waals surface area (Å²) < 4.78 is 0. The zero-order valence-electron chi connectivity index (χ0n) is 12.7. The molecule has 4 unspecified atom stereocenters. The summed E-state index contributed by atoms with van der Waals surface area (Å²) in [5, 5.41) is 4.30. The zero-order chi connectivity index (χ0) is 14.0. The van der Waals surface area contributed by atoms with Crippen LogP contribution in [-0.4, -0.2) is 40.1 Å². The fraction of sp³-hybridized carbons (Fsp3) is 0.933.